The van der Waals surface area contributed by atoms with Crippen LogP contribution in [0.15, 0.2) is 34.7 Å². The molecular formula is C18H25N3O3. The summed E-state index contributed by atoms with van der Waals surface area (Å²) in [5.74, 6) is 0.788. The third-order valence-electron chi connectivity index (χ3n) is 3.79. The number of para-hydroxylation sites is 1. The minimum absolute atomic E-state index is 0.0491. The second-order valence-electron chi connectivity index (χ2n) is 5.81. The van der Waals surface area contributed by atoms with Crippen LogP contribution in [0, 0.1) is 0 Å². The third kappa shape index (κ3) is 5.61. The largest absolute Gasteiger partial charge is 0.461 e. The van der Waals surface area contributed by atoms with E-state index in [1.54, 1.807) is 0 Å². The Hall–Kier alpha value is -2.50. The van der Waals surface area contributed by atoms with Crippen molar-refractivity contribution in [2.24, 2.45) is 0 Å². The lowest BCUT2D eigenvalue weighted by molar-refractivity contribution is -0.121. The normalized spacial score (nSPS) is 11.9. The maximum absolute atomic E-state index is 11.7. The van der Waals surface area contributed by atoms with Crippen LogP contribution in [-0.2, 0) is 11.2 Å². The Balaban J connectivity index is 1.62. The maximum Gasteiger partial charge on any atom is 0.314 e. The molecule has 3 N–H and O–H groups in total. The standard InChI is InChI=1S/C18H25N3O3/c1-3-13(2)21-17(22)9-11-20-18(23)19-10-8-15-12-14-6-4-5-7-16(14)24-15/h4-7,12-13H,3,8-11H2,1-2H3,(H,21,22)(H2,19,20,23)/t13-/m1/s1. The van der Waals surface area contributed by atoms with Crippen molar-refractivity contribution in [3.05, 3.63) is 36.1 Å². The molecule has 0 aliphatic carbocycles. The number of carbonyl (C=O) groups excluding carboxylic acids is 2. The zero-order valence-electron chi connectivity index (χ0n) is 14.2. The number of hydrogen-bond acceptors (Lipinski definition) is 3. The molecular weight excluding hydrogens is 306 g/mol. The first kappa shape index (κ1) is 17.8. The van der Waals surface area contributed by atoms with Gasteiger partial charge in [-0.25, -0.2) is 4.79 Å². The highest BCUT2D eigenvalue weighted by Crippen LogP contribution is 2.18. The van der Waals surface area contributed by atoms with Crippen LogP contribution in [0.3, 0.4) is 0 Å². The summed E-state index contributed by atoms with van der Waals surface area (Å²) in [5.41, 5.74) is 0.851. The predicted molar refractivity (Wildman–Crippen MR) is 93.8 cm³/mol. The van der Waals surface area contributed by atoms with E-state index < -0.39 is 0 Å². The van der Waals surface area contributed by atoms with Gasteiger partial charge in [-0.2, -0.15) is 0 Å². The predicted octanol–water partition coefficient (Wildman–Crippen LogP) is 2.58. The highest BCUT2D eigenvalue weighted by atomic mass is 16.3. The first-order valence-corrected chi connectivity index (χ1v) is 8.37. The zero-order chi connectivity index (χ0) is 17.4. The molecule has 6 nitrogen and oxygen atoms in total. The number of nitrogens with one attached hydrogen (secondary N) is 3. The molecule has 3 amide bonds. The fourth-order valence-corrected chi connectivity index (χ4v) is 2.26. The van der Waals surface area contributed by atoms with Gasteiger partial charge in [0, 0.05) is 37.4 Å². The summed E-state index contributed by atoms with van der Waals surface area (Å²) in [6.07, 6.45) is 1.79. The molecule has 0 unspecified atom stereocenters. The molecule has 0 saturated carbocycles. The summed E-state index contributed by atoms with van der Waals surface area (Å²) in [5, 5.41) is 9.35. The van der Waals surface area contributed by atoms with Gasteiger partial charge >= 0.3 is 6.03 Å². The van der Waals surface area contributed by atoms with E-state index in [9.17, 15) is 9.59 Å². The van der Waals surface area contributed by atoms with Gasteiger partial charge in [-0.3, -0.25) is 4.79 Å². The van der Waals surface area contributed by atoms with E-state index in [0.717, 1.165) is 23.2 Å². The van der Waals surface area contributed by atoms with Gasteiger partial charge in [0.1, 0.15) is 11.3 Å². The van der Waals surface area contributed by atoms with Gasteiger partial charge < -0.3 is 20.4 Å². The highest BCUT2D eigenvalue weighted by Gasteiger charge is 2.07. The van der Waals surface area contributed by atoms with Gasteiger partial charge in [-0.05, 0) is 25.5 Å². The van der Waals surface area contributed by atoms with Crippen LogP contribution >= 0.6 is 0 Å². The summed E-state index contributed by atoms with van der Waals surface area (Å²) >= 11 is 0. The topological polar surface area (TPSA) is 83.4 Å². The quantitative estimate of drug-likeness (QED) is 0.695. The summed E-state index contributed by atoms with van der Waals surface area (Å²) in [6.45, 7) is 4.76. The van der Waals surface area contributed by atoms with Crippen LogP contribution in [0.25, 0.3) is 11.0 Å². The van der Waals surface area contributed by atoms with Crippen molar-refractivity contribution in [3.63, 3.8) is 0 Å². The summed E-state index contributed by atoms with van der Waals surface area (Å²) in [6, 6.07) is 9.67. The van der Waals surface area contributed by atoms with Crippen LogP contribution < -0.4 is 16.0 Å². The van der Waals surface area contributed by atoms with E-state index in [2.05, 4.69) is 16.0 Å². The second kappa shape index (κ2) is 8.96. The van der Waals surface area contributed by atoms with Crippen molar-refractivity contribution in [2.45, 2.75) is 39.2 Å². The minimum atomic E-state index is -0.276. The number of rotatable bonds is 8. The van der Waals surface area contributed by atoms with Gasteiger partial charge in [0.25, 0.3) is 0 Å². The molecule has 0 spiro atoms. The molecule has 1 heterocycles. The lowest BCUT2D eigenvalue weighted by Crippen LogP contribution is -2.39. The molecule has 2 rings (SSSR count). The van der Waals surface area contributed by atoms with E-state index in [1.165, 1.54) is 0 Å². The maximum atomic E-state index is 11.7. The number of amides is 3. The smallest absolute Gasteiger partial charge is 0.314 e. The Morgan fingerprint density at radius 1 is 1.17 bits per heavy atom. The zero-order valence-corrected chi connectivity index (χ0v) is 14.2. The Kier molecular flexibility index (Phi) is 6.66. The average molecular weight is 331 g/mol. The van der Waals surface area contributed by atoms with E-state index in [-0.39, 0.29) is 24.4 Å². The lowest BCUT2D eigenvalue weighted by Gasteiger charge is -2.11. The second-order valence-corrected chi connectivity index (χ2v) is 5.81. The Bertz CT molecular complexity index is 648. The van der Waals surface area contributed by atoms with E-state index in [1.807, 2.05) is 44.2 Å². The van der Waals surface area contributed by atoms with Gasteiger partial charge in [0.05, 0.1) is 0 Å². The van der Waals surface area contributed by atoms with Gasteiger partial charge in [0.2, 0.25) is 5.91 Å². The number of furan rings is 1. The van der Waals surface area contributed by atoms with Gasteiger partial charge in [0.15, 0.2) is 0 Å². The molecule has 6 heteroatoms. The molecule has 0 radical (unpaired) electrons. The van der Waals surface area contributed by atoms with Crippen LogP contribution in [0.4, 0.5) is 4.79 Å². The van der Waals surface area contributed by atoms with Crippen molar-refractivity contribution >= 4 is 22.9 Å². The molecule has 130 valence electrons. The van der Waals surface area contributed by atoms with Crippen LogP contribution in [-0.4, -0.2) is 31.1 Å². The first-order chi connectivity index (χ1) is 11.6. The van der Waals surface area contributed by atoms with Crippen LogP contribution in [0.2, 0.25) is 0 Å². The summed E-state index contributed by atoms with van der Waals surface area (Å²) in [4.78, 5) is 23.3. The number of urea groups is 1. The molecule has 2 aromatic rings. The molecule has 1 aromatic carbocycles. The van der Waals surface area contributed by atoms with Gasteiger partial charge in [-0.1, -0.05) is 25.1 Å². The lowest BCUT2D eigenvalue weighted by atomic mass is 10.2. The summed E-state index contributed by atoms with van der Waals surface area (Å²) in [7, 11) is 0. The Morgan fingerprint density at radius 2 is 1.92 bits per heavy atom. The minimum Gasteiger partial charge on any atom is -0.461 e. The van der Waals surface area contributed by atoms with Gasteiger partial charge in [-0.15, -0.1) is 0 Å². The van der Waals surface area contributed by atoms with Crippen molar-refractivity contribution in [2.75, 3.05) is 13.1 Å². The molecule has 1 atom stereocenters. The van der Waals surface area contributed by atoms with E-state index in [4.69, 9.17) is 4.42 Å². The number of fused-ring (bicyclic) bond motifs is 1. The number of carbonyl (C=O) groups is 2. The molecule has 0 aliphatic heterocycles. The fraction of sp³-hybridized carbons (Fsp3) is 0.444. The average Bonchev–Trinajstić information content (AvgIpc) is 2.97. The molecule has 0 fully saturated rings. The van der Waals surface area contributed by atoms with E-state index >= 15 is 0 Å². The van der Waals surface area contributed by atoms with Crippen LogP contribution in [0.5, 0.6) is 0 Å². The van der Waals surface area contributed by atoms with Crippen molar-refractivity contribution in [3.8, 4) is 0 Å². The summed E-state index contributed by atoms with van der Waals surface area (Å²) < 4.78 is 5.69. The van der Waals surface area contributed by atoms with Crippen molar-refractivity contribution < 1.29 is 14.0 Å². The Labute approximate surface area is 142 Å². The molecule has 0 aliphatic rings. The first-order valence-electron chi connectivity index (χ1n) is 8.37. The van der Waals surface area contributed by atoms with E-state index in [0.29, 0.717) is 19.5 Å². The van der Waals surface area contributed by atoms with Crippen molar-refractivity contribution in [1.29, 1.82) is 0 Å². The fourth-order valence-electron chi connectivity index (χ4n) is 2.26. The highest BCUT2D eigenvalue weighted by molar-refractivity contribution is 5.78. The number of hydrogen-bond donors (Lipinski definition) is 3. The monoisotopic (exact) mass is 331 g/mol. The number of benzene rings is 1. The molecule has 0 saturated heterocycles. The van der Waals surface area contributed by atoms with Crippen LogP contribution in [0.1, 0.15) is 32.4 Å². The molecule has 0 bridgehead atoms. The van der Waals surface area contributed by atoms with Crippen molar-refractivity contribution in [1.82, 2.24) is 16.0 Å². The molecule has 1 aromatic heterocycles. The SMILES string of the molecule is CC[C@@H](C)NC(=O)CCNC(=O)NCCc1cc2ccccc2o1. The third-order valence-corrected chi connectivity index (χ3v) is 3.79. The Morgan fingerprint density at radius 3 is 2.67 bits per heavy atom. The molecule has 24 heavy (non-hydrogen) atoms.